The number of ether oxygens (including phenoxy) is 4. The molecular weight excluding hydrogens is 553 g/mol. The number of carbonyl (C=O) groups excluding carboxylic acids is 1. The lowest BCUT2D eigenvalue weighted by Gasteiger charge is -2.32. The van der Waals surface area contributed by atoms with Crippen LogP contribution in [0, 0.1) is 5.82 Å². The summed E-state index contributed by atoms with van der Waals surface area (Å²) in [5.41, 5.74) is 1.39. The number of piperidine rings is 1. The first-order chi connectivity index (χ1) is 19.9. The van der Waals surface area contributed by atoms with Gasteiger partial charge in [-0.2, -0.15) is 0 Å². The zero-order valence-corrected chi connectivity index (χ0v) is 23.5. The van der Waals surface area contributed by atoms with Crippen molar-refractivity contribution in [3.05, 3.63) is 65.7 Å². The largest absolute Gasteiger partial charge is 0.493 e. The monoisotopic (exact) mass is 581 g/mol. The number of benzene rings is 3. The molecular formula is C29H29ClFN5O5. The summed E-state index contributed by atoms with van der Waals surface area (Å²) in [5, 5.41) is 6.53. The van der Waals surface area contributed by atoms with Gasteiger partial charge in [0.25, 0.3) is 0 Å². The van der Waals surface area contributed by atoms with E-state index in [1.807, 2.05) is 0 Å². The van der Waals surface area contributed by atoms with E-state index in [-0.39, 0.29) is 22.8 Å². The third kappa shape index (κ3) is 6.14. The fraction of sp³-hybridized carbons (Fsp3) is 0.276. The van der Waals surface area contributed by atoms with E-state index in [9.17, 15) is 9.18 Å². The predicted octanol–water partition coefficient (Wildman–Crippen LogP) is 6.27. The van der Waals surface area contributed by atoms with Gasteiger partial charge in [-0.15, -0.1) is 0 Å². The predicted molar refractivity (Wildman–Crippen MR) is 155 cm³/mol. The number of rotatable bonds is 8. The average molecular weight is 582 g/mol. The summed E-state index contributed by atoms with van der Waals surface area (Å²) < 4.78 is 37.0. The number of hydrogen-bond donors (Lipinski definition) is 2. The number of nitrogens with zero attached hydrogens (tertiary/aromatic N) is 3. The second-order valence-electron chi connectivity index (χ2n) is 9.27. The molecule has 0 unspecified atom stereocenters. The molecule has 3 aromatic carbocycles. The number of anilines is 3. The number of urea groups is 1. The number of aromatic nitrogens is 2. The van der Waals surface area contributed by atoms with E-state index in [1.54, 1.807) is 68.7 Å². The Morgan fingerprint density at radius 1 is 0.951 bits per heavy atom. The first kappa shape index (κ1) is 28.0. The maximum atomic E-state index is 14.5. The van der Waals surface area contributed by atoms with Gasteiger partial charge in [-0.25, -0.2) is 19.2 Å². The molecule has 0 bridgehead atoms. The molecule has 10 nitrogen and oxygen atoms in total. The maximum Gasteiger partial charge on any atom is 0.321 e. The van der Waals surface area contributed by atoms with Crippen LogP contribution in [0.5, 0.6) is 23.0 Å². The van der Waals surface area contributed by atoms with Gasteiger partial charge in [0.05, 0.1) is 37.6 Å². The summed E-state index contributed by atoms with van der Waals surface area (Å²) in [7, 11) is 4.65. The van der Waals surface area contributed by atoms with Gasteiger partial charge in [0.15, 0.2) is 28.8 Å². The molecule has 1 aromatic heterocycles. The van der Waals surface area contributed by atoms with Gasteiger partial charge in [-0.1, -0.05) is 17.7 Å². The molecule has 0 atom stereocenters. The average Bonchev–Trinajstić information content (AvgIpc) is 2.99. The normalized spacial score (nSPS) is 13.5. The Kier molecular flexibility index (Phi) is 8.44. The highest BCUT2D eigenvalue weighted by Crippen LogP contribution is 2.37. The molecule has 0 saturated carbocycles. The van der Waals surface area contributed by atoms with E-state index in [0.717, 1.165) is 0 Å². The Morgan fingerprint density at radius 2 is 1.68 bits per heavy atom. The maximum absolute atomic E-state index is 14.5. The van der Waals surface area contributed by atoms with Gasteiger partial charge in [0, 0.05) is 49.1 Å². The van der Waals surface area contributed by atoms with Crippen LogP contribution in [0.25, 0.3) is 10.9 Å². The zero-order valence-electron chi connectivity index (χ0n) is 22.7. The van der Waals surface area contributed by atoms with Crippen LogP contribution in [0.4, 0.5) is 26.4 Å². The molecule has 1 fully saturated rings. The van der Waals surface area contributed by atoms with E-state index >= 15 is 0 Å². The minimum Gasteiger partial charge on any atom is -0.493 e. The van der Waals surface area contributed by atoms with Crippen molar-refractivity contribution in [2.24, 2.45) is 0 Å². The van der Waals surface area contributed by atoms with Gasteiger partial charge < -0.3 is 34.5 Å². The SMILES string of the molecule is COc1ccc(NC(=O)N2CCC(Oc3cc4c(Nc5cccc(Cl)c5F)ncnc4cc3OC)CC2)cc1OC. The molecule has 12 heteroatoms. The van der Waals surface area contributed by atoms with Crippen LogP contribution >= 0.6 is 11.6 Å². The number of amides is 2. The van der Waals surface area contributed by atoms with Crippen LogP contribution in [0.2, 0.25) is 5.02 Å². The molecule has 5 rings (SSSR count). The summed E-state index contributed by atoms with van der Waals surface area (Å²) in [6, 6.07) is 13.2. The van der Waals surface area contributed by atoms with Gasteiger partial charge in [-0.3, -0.25) is 0 Å². The van der Waals surface area contributed by atoms with Crippen molar-refractivity contribution in [3.63, 3.8) is 0 Å². The Morgan fingerprint density at radius 3 is 2.41 bits per heavy atom. The molecule has 0 spiro atoms. The second kappa shape index (κ2) is 12.3. The van der Waals surface area contributed by atoms with E-state index in [1.165, 1.54) is 12.4 Å². The molecule has 1 aliphatic rings. The lowest BCUT2D eigenvalue weighted by molar-refractivity contribution is 0.113. The van der Waals surface area contributed by atoms with E-state index in [0.29, 0.717) is 71.3 Å². The molecule has 1 saturated heterocycles. The number of fused-ring (bicyclic) bond motifs is 1. The van der Waals surface area contributed by atoms with Crippen LogP contribution in [0.3, 0.4) is 0 Å². The second-order valence-corrected chi connectivity index (χ2v) is 9.68. The fourth-order valence-corrected chi connectivity index (χ4v) is 4.79. The number of hydrogen-bond acceptors (Lipinski definition) is 8. The van der Waals surface area contributed by atoms with Crippen LogP contribution in [0.15, 0.2) is 54.9 Å². The first-order valence-corrected chi connectivity index (χ1v) is 13.3. The molecule has 1 aliphatic heterocycles. The van der Waals surface area contributed by atoms with Crippen molar-refractivity contribution in [2.75, 3.05) is 45.1 Å². The number of nitrogens with one attached hydrogen (secondary N) is 2. The molecule has 4 aromatic rings. The van der Waals surface area contributed by atoms with Crippen LogP contribution < -0.4 is 29.6 Å². The number of methoxy groups -OCH3 is 3. The summed E-state index contributed by atoms with van der Waals surface area (Å²) >= 11 is 5.94. The lowest BCUT2D eigenvalue weighted by Crippen LogP contribution is -2.43. The van der Waals surface area contributed by atoms with Gasteiger partial charge in [0.1, 0.15) is 18.2 Å². The third-order valence-corrected chi connectivity index (χ3v) is 7.07. The van der Waals surface area contributed by atoms with Crippen LogP contribution in [0.1, 0.15) is 12.8 Å². The molecule has 2 amide bonds. The van der Waals surface area contributed by atoms with Crippen molar-refractivity contribution in [3.8, 4) is 23.0 Å². The number of likely N-dealkylation sites (tertiary alicyclic amines) is 1. The molecule has 2 heterocycles. The van der Waals surface area contributed by atoms with Crippen LogP contribution in [-0.2, 0) is 0 Å². The van der Waals surface area contributed by atoms with Gasteiger partial charge >= 0.3 is 6.03 Å². The highest BCUT2D eigenvalue weighted by molar-refractivity contribution is 6.31. The topological polar surface area (TPSA) is 107 Å². The van der Waals surface area contributed by atoms with E-state index in [4.69, 9.17) is 30.5 Å². The smallest absolute Gasteiger partial charge is 0.321 e. The highest BCUT2D eigenvalue weighted by Gasteiger charge is 2.26. The quantitative estimate of drug-likeness (QED) is 0.251. The van der Waals surface area contributed by atoms with E-state index in [2.05, 4.69) is 20.6 Å². The Balaban J connectivity index is 1.27. The molecule has 214 valence electrons. The number of halogens is 2. The first-order valence-electron chi connectivity index (χ1n) is 12.9. The lowest BCUT2D eigenvalue weighted by atomic mass is 10.1. The zero-order chi connectivity index (χ0) is 28.9. The molecule has 0 aliphatic carbocycles. The Hall–Kier alpha value is -4.51. The van der Waals surface area contributed by atoms with Crippen LogP contribution in [-0.4, -0.2) is 61.4 Å². The Labute approximate surface area is 241 Å². The van der Waals surface area contributed by atoms with Crippen molar-refractivity contribution in [1.82, 2.24) is 14.9 Å². The molecule has 0 radical (unpaired) electrons. The van der Waals surface area contributed by atoms with Crippen molar-refractivity contribution in [2.45, 2.75) is 18.9 Å². The van der Waals surface area contributed by atoms with Gasteiger partial charge in [-0.05, 0) is 30.3 Å². The fourth-order valence-electron chi connectivity index (χ4n) is 4.62. The van der Waals surface area contributed by atoms with Crippen molar-refractivity contribution < 1.29 is 28.1 Å². The van der Waals surface area contributed by atoms with E-state index < -0.39 is 5.82 Å². The standard InChI is InChI=1S/C29H29ClFN5O5/c1-38-23-8-7-17(13-24(23)39-2)34-29(37)36-11-9-18(10-12-36)41-26-14-19-22(15-25(26)40-3)32-16-33-28(19)35-21-6-4-5-20(30)27(21)31/h4-8,13-16,18H,9-12H2,1-3H3,(H,34,37)(H,32,33,35). The van der Waals surface area contributed by atoms with Crippen molar-refractivity contribution >= 4 is 45.7 Å². The third-order valence-electron chi connectivity index (χ3n) is 6.78. The summed E-state index contributed by atoms with van der Waals surface area (Å²) in [6.45, 7) is 1.01. The summed E-state index contributed by atoms with van der Waals surface area (Å²) in [5.74, 6) is 1.93. The summed E-state index contributed by atoms with van der Waals surface area (Å²) in [6.07, 6.45) is 2.46. The van der Waals surface area contributed by atoms with Crippen molar-refractivity contribution in [1.29, 1.82) is 0 Å². The highest BCUT2D eigenvalue weighted by atomic mass is 35.5. The minimum atomic E-state index is -0.576. The van der Waals surface area contributed by atoms with Gasteiger partial charge in [0.2, 0.25) is 0 Å². The Bertz CT molecular complexity index is 1560. The summed E-state index contributed by atoms with van der Waals surface area (Å²) in [4.78, 5) is 23.3. The number of carbonyl (C=O) groups is 1. The minimum absolute atomic E-state index is 0.00260. The molecule has 2 N–H and O–H groups in total. The molecule has 41 heavy (non-hydrogen) atoms.